The van der Waals surface area contributed by atoms with Gasteiger partial charge in [-0.25, -0.2) is 4.39 Å². The summed E-state index contributed by atoms with van der Waals surface area (Å²) in [6.45, 7) is 1.72. The fourth-order valence-corrected chi connectivity index (χ4v) is 1.48. The Morgan fingerprint density at radius 2 is 2.27 bits per heavy atom. The molecule has 78 valence electrons. The van der Waals surface area contributed by atoms with Gasteiger partial charge in [-0.05, 0) is 24.6 Å². The smallest absolute Gasteiger partial charge is 0.152 e. The molecule has 0 atom stereocenters. The fourth-order valence-electron chi connectivity index (χ4n) is 1.30. The molecule has 2 rings (SSSR count). The summed E-state index contributed by atoms with van der Waals surface area (Å²) in [5, 5.41) is 7.55. The quantitative estimate of drug-likeness (QED) is 0.735. The van der Waals surface area contributed by atoms with E-state index in [2.05, 4.69) is 10.2 Å². The zero-order chi connectivity index (χ0) is 10.8. The average molecular weight is 226 g/mol. The molecule has 3 nitrogen and oxygen atoms in total. The van der Waals surface area contributed by atoms with Crippen molar-refractivity contribution in [2.75, 3.05) is 0 Å². The van der Waals surface area contributed by atoms with E-state index in [0.717, 1.165) is 0 Å². The number of benzene rings is 1. The number of aromatic nitrogens is 3. The number of hydrogen-bond acceptors (Lipinski definition) is 2. The number of aryl methyl sites for hydroxylation is 1. The van der Waals surface area contributed by atoms with Crippen LogP contribution in [0.25, 0.3) is 5.69 Å². The van der Waals surface area contributed by atoms with E-state index in [0.29, 0.717) is 17.1 Å². The third kappa shape index (κ3) is 1.85. The molecule has 0 bridgehead atoms. The highest BCUT2D eigenvalue weighted by Gasteiger charge is 2.06. The summed E-state index contributed by atoms with van der Waals surface area (Å²) >= 11 is 5.68. The first-order valence-corrected chi connectivity index (χ1v) is 4.97. The minimum Gasteiger partial charge on any atom is -0.284 e. The van der Waals surface area contributed by atoms with Gasteiger partial charge in [0.25, 0.3) is 0 Å². The highest BCUT2D eigenvalue weighted by molar-refractivity contribution is 6.16. The molecule has 1 aromatic heterocycles. The summed E-state index contributed by atoms with van der Waals surface area (Å²) < 4.78 is 15.0. The molecule has 0 aliphatic rings. The Bertz CT molecular complexity index is 481. The Hall–Kier alpha value is -1.42. The minimum absolute atomic E-state index is 0.246. The van der Waals surface area contributed by atoms with Gasteiger partial charge in [0, 0.05) is 0 Å². The van der Waals surface area contributed by atoms with E-state index >= 15 is 0 Å². The van der Waals surface area contributed by atoms with E-state index in [-0.39, 0.29) is 11.7 Å². The number of hydrogen-bond donors (Lipinski definition) is 0. The van der Waals surface area contributed by atoms with Crippen molar-refractivity contribution in [1.29, 1.82) is 0 Å². The Morgan fingerprint density at radius 3 is 2.93 bits per heavy atom. The van der Waals surface area contributed by atoms with Crippen molar-refractivity contribution in [1.82, 2.24) is 14.8 Å². The summed E-state index contributed by atoms with van der Waals surface area (Å²) in [6, 6.07) is 4.95. The zero-order valence-corrected chi connectivity index (χ0v) is 8.87. The number of halogens is 2. The second-order valence-corrected chi connectivity index (χ2v) is 3.45. The van der Waals surface area contributed by atoms with Crippen LogP contribution in [0.2, 0.25) is 0 Å². The lowest BCUT2D eigenvalue weighted by Crippen LogP contribution is -1.99. The van der Waals surface area contributed by atoms with Gasteiger partial charge in [0.2, 0.25) is 0 Å². The average Bonchev–Trinajstić information content (AvgIpc) is 2.70. The van der Waals surface area contributed by atoms with E-state index < -0.39 is 0 Å². The maximum atomic E-state index is 13.3. The lowest BCUT2D eigenvalue weighted by atomic mass is 10.2. The molecule has 0 spiro atoms. The first-order chi connectivity index (χ1) is 7.22. The van der Waals surface area contributed by atoms with Crippen LogP contribution in [0.15, 0.2) is 24.5 Å². The van der Waals surface area contributed by atoms with Crippen molar-refractivity contribution < 1.29 is 4.39 Å². The number of alkyl halides is 1. The standard InChI is InChI=1S/C10H9ClFN3/c1-7-2-3-8(4-9(7)12)15-6-13-14-10(15)5-11/h2-4,6H,5H2,1H3. The molecule has 0 N–H and O–H groups in total. The predicted octanol–water partition coefficient (Wildman–Crippen LogP) is 2.45. The molecule has 0 aliphatic carbocycles. The van der Waals surface area contributed by atoms with Crippen LogP contribution >= 0.6 is 11.6 Å². The SMILES string of the molecule is Cc1ccc(-n2cnnc2CCl)cc1F. The van der Waals surface area contributed by atoms with Gasteiger partial charge in [-0.1, -0.05) is 6.07 Å². The van der Waals surface area contributed by atoms with Crippen LogP contribution in [0, 0.1) is 12.7 Å². The van der Waals surface area contributed by atoms with Crippen LogP contribution in [0.3, 0.4) is 0 Å². The predicted molar refractivity (Wildman–Crippen MR) is 55.6 cm³/mol. The molecule has 0 amide bonds. The third-order valence-corrected chi connectivity index (χ3v) is 2.41. The third-order valence-electron chi connectivity index (χ3n) is 2.17. The van der Waals surface area contributed by atoms with Crippen LogP contribution in [0.5, 0.6) is 0 Å². The fraction of sp³-hybridized carbons (Fsp3) is 0.200. The molecule has 0 radical (unpaired) electrons. The second-order valence-electron chi connectivity index (χ2n) is 3.18. The van der Waals surface area contributed by atoms with Gasteiger partial charge in [0.15, 0.2) is 5.82 Å². The molecular formula is C10H9ClFN3. The Balaban J connectivity index is 2.50. The molecule has 0 aliphatic heterocycles. The van der Waals surface area contributed by atoms with Gasteiger partial charge in [-0.3, -0.25) is 4.57 Å². The van der Waals surface area contributed by atoms with Crippen molar-refractivity contribution in [3.63, 3.8) is 0 Å². The molecule has 1 heterocycles. The highest BCUT2D eigenvalue weighted by Crippen LogP contribution is 2.15. The van der Waals surface area contributed by atoms with Crippen molar-refractivity contribution >= 4 is 11.6 Å². The largest absolute Gasteiger partial charge is 0.284 e. The topological polar surface area (TPSA) is 30.7 Å². The minimum atomic E-state index is -0.248. The van der Waals surface area contributed by atoms with E-state index in [4.69, 9.17) is 11.6 Å². The maximum absolute atomic E-state index is 13.3. The normalized spacial score (nSPS) is 10.6. The molecule has 5 heteroatoms. The summed E-state index contributed by atoms with van der Waals surface area (Å²) in [7, 11) is 0. The first-order valence-electron chi connectivity index (χ1n) is 4.44. The van der Waals surface area contributed by atoms with E-state index in [1.807, 2.05) is 0 Å². The van der Waals surface area contributed by atoms with E-state index in [1.54, 1.807) is 23.6 Å². The summed E-state index contributed by atoms with van der Waals surface area (Å²) in [5.41, 5.74) is 1.29. The van der Waals surface area contributed by atoms with E-state index in [9.17, 15) is 4.39 Å². The highest BCUT2D eigenvalue weighted by atomic mass is 35.5. The Kier molecular flexibility index (Phi) is 2.68. The van der Waals surface area contributed by atoms with Gasteiger partial charge in [0.1, 0.15) is 12.1 Å². The molecule has 2 aromatic rings. The van der Waals surface area contributed by atoms with Gasteiger partial charge >= 0.3 is 0 Å². The monoisotopic (exact) mass is 225 g/mol. The van der Waals surface area contributed by atoms with Gasteiger partial charge in [0.05, 0.1) is 11.6 Å². The molecule has 15 heavy (non-hydrogen) atoms. The van der Waals surface area contributed by atoms with Crippen LogP contribution in [0.1, 0.15) is 11.4 Å². The Morgan fingerprint density at radius 1 is 1.47 bits per heavy atom. The first kappa shape index (κ1) is 10.1. The van der Waals surface area contributed by atoms with Crippen molar-refractivity contribution in [3.8, 4) is 5.69 Å². The van der Waals surface area contributed by atoms with Crippen LogP contribution in [0.4, 0.5) is 4.39 Å². The number of rotatable bonds is 2. The molecule has 0 fully saturated rings. The Labute approximate surface area is 91.5 Å². The summed E-state index contributed by atoms with van der Waals surface area (Å²) in [4.78, 5) is 0. The van der Waals surface area contributed by atoms with Crippen LogP contribution < -0.4 is 0 Å². The van der Waals surface area contributed by atoms with Crippen molar-refractivity contribution in [3.05, 3.63) is 41.7 Å². The molecular weight excluding hydrogens is 217 g/mol. The second kappa shape index (κ2) is 3.98. The van der Waals surface area contributed by atoms with Gasteiger partial charge < -0.3 is 0 Å². The molecule has 1 aromatic carbocycles. The van der Waals surface area contributed by atoms with Crippen molar-refractivity contribution in [2.24, 2.45) is 0 Å². The summed E-state index contributed by atoms with van der Waals surface area (Å²) in [6.07, 6.45) is 1.52. The lowest BCUT2D eigenvalue weighted by Gasteiger charge is -2.05. The molecule has 0 unspecified atom stereocenters. The zero-order valence-electron chi connectivity index (χ0n) is 8.11. The van der Waals surface area contributed by atoms with Crippen LogP contribution in [-0.4, -0.2) is 14.8 Å². The summed E-state index contributed by atoms with van der Waals surface area (Å²) in [5.74, 6) is 0.594. The van der Waals surface area contributed by atoms with Gasteiger partial charge in [-0.15, -0.1) is 21.8 Å². The number of nitrogens with zero attached hydrogens (tertiary/aromatic N) is 3. The van der Waals surface area contributed by atoms with Crippen LogP contribution in [-0.2, 0) is 5.88 Å². The van der Waals surface area contributed by atoms with E-state index in [1.165, 1.54) is 12.4 Å². The van der Waals surface area contributed by atoms with Crippen molar-refractivity contribution in [2.45, 2.75) is 12.8 Å². The van der Waals surface area contributed by atoms with Gasteiger partial charge in [-0.2, -0.15) is 0 Å². The molecule has 0 saturated carbocycles. The molecule has 0 saturated heterocycles. The lowest BCUT2D eigenvalue weighted by molar-refractivity contribution is 0.617. The maximum Gasteiger partial charge on any atom is 0.152 e.